The lowest BCUT2D eigenvalue weighted by Gasteiger charge is -2.17. The fraction of sp³-hybridized carbons (Fsp3) is 0.273. The molecule has 1 unspecified atom stereocenters. The number of hydrogen-bond acceptors (Lipinski definition) is 7. The van der Waals surface area contributed by atoms with E-state index in [-0.39, 0.29) is 0 Å². The number of rotatable bonds is 7. The van der Waals surface area contributed by atoms with Crippen LogP contribution in [-0.2, 0) is 16.0 Å². The Morgan fingerprint density at radius 2 is 1.72 bits per heavy atom. The molecule has 0 aliphatic heterocycles. The number of aromatic nitrogens is 1. The van der Waals surface area contributed by atoms with Crippen molar-refractivity contribution in [2.45, 2.75) is 19.6 Å². The van der Waals surface area contributed by atoms with E-state index in [2.05, 4.69) is 4.98 Å². The lowest BCUT2D eigenvalue weighted by atomic mass is 9.99. The highest BCUT2D eigenvalue weighted by molar-refractivity contribution is 5.91. The summed E-state index contributed by atoms with van der Waals surface area (Å²) in [6.45, 7) is 1.24. The number of esters is 1. The molecule has 0 saturated heterocycles. The van der Waals surface area contributed by atoms with E-state index < -0.39 is 12.3 Å². The van der Waals surface area contributed by atoms with Gasteiger partial charge in [0.1, 0.15) is 5.75 Å². The Morgan fingerprint density at radius 1 is 1.03 bits per heavy atom. The number of nitrogens with zero attached hydrogens (tertiary/aromatic N) is 1. The van der Waals surface area contributed by atoms with E-state index in [0.717, 1.165) is 22.4 Å². The van der Waals surface area contributed by atoms with Gasteiger partial charge in [-0.15, -0.1) is 0 Å². The van der Waals surface area contributed by atoms with Crippen molar-refractivity contribution in [3.63, 3.8) is 0 Å². The first-order valence-corrected chi connectivity index (χ1v) is 8.98. The van der Waals surface area contributed by atoms with Gasteiger partial charge in [-0.25, -0.2) is 0 Å². The van der Waals surface area contributed by atoms with Crippen molar-refractivity contribution in [3.05, 3.63) is 59.4 Å². The second-order valence-corrected chi connectivity index (χ2v) is 6.40. The Kier molecular flexibility index (Phi) is 6.19. The molecule has 0 saturated carbocycles. The number of benzene rings is 2. The Hall–Kier alpha value is -3.32. The Balaban J connectivity index is 2.16. The van der Waals surface area contributed by atoms with Gasteiger partial charge in [-0.3, -0.25) is 9.78 Å². The van der Waals surface area contributed by atoms with Gasteiger partial charge in [0.15, 0.2) is 11.5 Å². The largest absolute Gasteiger partial charge is 0.497 e. The van der Waals surface area contributed by atoms with Crippen LogP contribution in [0.5, 0.6) is 17.2 Å². The molecule has 2 aromatic carbocycles. The summed E-state index contributed by atoms with van der Waals surface area (Å²) in [5.74, 6) is 1.20. The number of aliphatic hydroxyl groups is 1. The predicted molar refractivity (Wildman–Crippen MR) is 107 cm³/mol. The lowest BCUT2D eigenvalue weighted by molar-refractivity contribution is -0.166. The third-order valence-electron chi connectivity index (χ3n) is 4.55. The lowest BCUT2D eigenvalue weighted by Crippen LogP contribution is -2.09. The predicted octanol–water partition coefficient (Wildman–Crippen LogP) is 3.41. The Labute approximate surface area is 168 Å². The first kappa shape index (κ1) is 20.4. The minimum atomic E-state index is -1.44. The van der Waals surface area contributed by atoms with Crippen LogP contribution >= 0.6 is 0 Å². The quantitative estimate of drug-likeness (QED) is 0.483. The molecule has 0 amide bonds. The van der Waals surface area contributed by atoms with Gasteiger partial charge >= 0.3 is 5.97 Å². The number of carbonyl (C=O) groups excluding carboxylic acids is 1. The van der Waals surface area contributed by atoms with Crippen LogP contribution in [0.3, 0.4) is 0 Å². The number of carbonyl (C=O) groups is 1. The Morgan fingerprint density at radius 3 is 2.34 bits per heavy atom. The van der Waals surface area contributed by atoms with Gasteiger partial charge in [0.05, 0.1) is 27.0 Å². The molecule has 29 heavy (non-hydrogen) atoms. The van der Waals surface area contributed by atoms with Gasteiger partial charge in [-0.2, -0.15) is 0 Å². The van der Waals surface area contributed by atoms with Crippen LogP contribution in [0.25, 0.3) is 10.8 Å². The first-order valence-electron chi connectivity index (χ1n) is 8.98. The molecule has 3 rings (SSSR count). The first-order chi connectivity index (χ1) is 14.0. The summed E-state index contributed by atoms with van der Waals surface area (Å²) in [6.07, 6.45) is 0.608. The van der Waals surface area contributed by atoms with Gasteiger partial charge in [0.25, 0.3) is 0 Å². The van der Waals surface area contributed by atoms with Crippen LogP contribution in [0.4, 0.5) is 0 Å². The average molecular weight is 397 g/mol. The molecule has 1 aromatic heterocycles. The topological polar surface area (TPSA) is 87.1 Å². The molecule has 0 aliphatic carbocycles. The molecule has 3 aromatic rings. The average Bonchev–Trinajstić information content (AvgIpc) is 2.72. The zero-order valence-electron chi connectivity index (χ0n) is 16.8. The third kappa shape index (κ3) is 4.41. The van der Waals surface area contributed by atoms with Crippen molar-refractivity contribution in [1.29, 1.82) is 0 Å². The van der Waals surface area contributed by atoms with Crippen LogP contribution in [0.1, 0.15) is 30.0 Å². The molecule has 7 nitrogen and oxygen atoms in total. The number of fused-ring (bicyclic) bond motifs is 1. The van der Waals surface area contributed by atoms with E-state index in [0.29, 0.717) is 28.9 Å². The summed E-state index contributed by atoms with van der Waals surface area (Å²) in [5.41, 5.74) is 2.15. The van der Waals surface area contributed by atoms with Crippen molar-refractivity contribution in [2.24, 2.45) is 0 Å². The SMILES string of the molecule is COc1cccc(Cc2ncc(C(O)OC(C)=O)c3cc(OC)c(OC)cc23)c1. The van der Waals surface area contributed by atoms with E-state index in [1.54, 1.807) is 26.4 Å². The van der Waals surface area contributed by atoms with E-state index in [9.17, 15) is 9.90 Å². The summed E-state index contributed by atoms with van der Waals surface area (Å²) >= 11 is 0. The molecule has 0 radical (unpaired) electrons. The van der Waals surface area contributed by atoms with E-state index in [4.69, 9.17) is 18.9 Å². The number of pyridine rings is 1. The van der Waals surface area contributed by atoms with Crippen LogP contribution < -0.4 is 14.2 Å². The molecule has 1 N–H and O–H groups in total. The molecular weight excluding hydrogens is 374 g/mol. The highest BCUT2D eigenvalue weighted by Gasteiger charge is 2.20. The molecule has 7 heteroatoms. The zero-order valence-corrected chi connectivity index (χ0v) is 16.8. The Bertz CT molecular complexity index is 1030. The van der Waals surface area contributed by atoms with Gasteiger partial charge in [0, 0.05) is 30.5 Å². The van der Waals surface area contributed by atoms with Crippen LogP contribution in [0.2, 0.25) is 0 Å². The van der Waals surface area contributed by atoms with Crippen LogP contribution in [0, 0.1) is 0 Å². The van der Waals surface area contributed by atoms with Gasteiger partial charge in [0.2, 0.25) is 6.29 Å². The van der Waals surface area contributed by atoms with Crippen molar-refractivity contribution in [3.8, 4) is 17.2 Å². The minimum absolute atomic E-state index is 0.366. The molecule has 0 spiro atoms. The molecule has 152 valence electrons. The molecule has 0 bridgehead atoms. The van der Waals surface area contributed by atoms with Crippen molar-refractivity contribution in [1.82, 2.24) is 4.98 Å². The summed E-state index contributed by atoms with van der Waals surface area (Å²) in [7, 11) is 4.70. The van der Waals surface area contributed by atoms with Gasteiger partial charge < -0.3 is 24.1 Å². The van der Waals surface area contributed by atoms with Crippen molar-refractivity contribution in [2.75, 3.05) is 21.3 Å². The maximum atomic E-state index is 11.3. The highest BCUT2D eigenvalue weighted by atomic mass is 16.6. The molecule has 1 atom stereocenters. The highest BCUT2D eigenvalue weighted by Crippen LogP contribution is 2.37. The number of ether oxygens (including phenoxy) is 4. The van der Waals surface area contributed by atoms with Crippen LogP contribution in [0.15, 0.2) is 42.6 Å². The second kappa shape index (κ2) is 8.79. The van der Waals surface area contributed by atoms with Gasteiger partial charge in [-0.05, 0) is 35.2 Å². The maximum Gasteiger partial charge on any atom is 0.305 e. The normalized spacial score (nSPS) is 11.8. The number of methoxy groups -OCH3 is 3. The van der Waals surface area contributed by atoms with E-state index in [1.165, 1.54) is 20.2 Å². The molecular formula is C22H23NO6. The van der Waals surface area contributed by atoms with Crippen LogP contribution in [-0.4, -0.2) is 37.4 Å². The summed E-state index contributed by atoms with van der Waals surface area (Å²) in [4.78, 5) is 15.8. The zero-order chi connectivity index (χ0) is 21.0. The number of hydrogen-bond donors (Lipinski definition) is 1. The monoisotopic (exact) mass is 397 g/mol. The standard InChI is InChI=1S/C22H23NO6/c1-13(24)29-22(25)18-12-23-19(9-14-6-5-7-15(8-14)26-2)17-11-21(28-4)20(27-3)10-16(17)18/h5-8,10-12,22,25H,9H2,1-4H3. The summed E-state index contributed by atoms with van der Waals surface area (Å²) < 4.78 is 21.1. The molecule has 1 heterocycles. The van der Waals surface area contributed by atoms with Crippen molar-refractivity contribution < 1.29 is 28.8 Å². The summed E-state index contributed by atoms with van der Waals surface area (Å²) in [6, 6.07) is 11.3. The minimum Gasteiger partial charge on any atom is -0.497 e. The van der Waals surface area contributed by atoms with Crippen molar-refractivity contribution >= 4 is 16.7 Å². The molecule has 0 fully saturated rings. The van der Waals surface area contributed by atoms with E-state index in [1.807, 2.05) is 24.3 Å². The smallest absolute Gasteiger partial charge is 0.305 e. The fourth-order valence-corrected chi connectivity index (χ4v) is 3.18. The van der Waals surface area contributed by atoms with E-state index >= 15 is 0 Å². The molecule has 0 aliphatic rings. The second-order valence-electron chi connectivity index (χ2n) is 6.40. The maximum absolute atomic E-state index is 11.3. The number of aliphatic hydroxyl groups excluding tert-OH is 1. The summed E-state index contributed by atoms with van der Waals surface area (Å²) in [5, 5.41) is 11.8. The third-order valence-corrected chi connectivity index (χ3v) is 4.55. The fourth-order valence-electron chi connectivity index (χ4n) is 3.18. The van der Waals surface area contributed by atoms with Gasteiger partial charge in [-0.1, -0.05) is 12.1 Å².